The van der Waals surface area contributed by atoms with Gasteiger partial charge in [0.15, 0.2) is 0 Å². The summed E-state index contributed by atoms with van der Waals surface area (Å²) >= 11 is 0. The summed E-state index contributed by atoms with van der Waals surface area (Å²) < 4.78 is 1.96. The Bertz CT molecular complexity index is 559. The summed E-state index contributed by atoms with van der Waals surface area (Å²) in [6.45, 7) is 2.14. The lowest BCUT2D eigenvalue weighted by Crippen LogP contribution is -2.36. The van der Waals surface area contributed by atoms with Crippen molar-refractivity contribution in [3.63, 3.8) is 0 Å². The molecular formula is C16H24N4O. The maximum atomic E-state index is 12.6. The van der Waals surface area contributed by atoms with E-state index in [-0.39, 0.29) is 17.9 Å². The maximum absolute atomic E-state index is 12.6. The fourth-order valence-corrected chi connectivity index (χ4v) is 4.32. The fraction of sp³-hybridized carbons (Fsp3) is 0.750. The van der Waals surface area contributed by atoms with E-state index < -0.39 is 0 Å². The quantitative estimate of drug-likeness (QED) is 0.862. The van der Waals surface area contributed by atoms with Crippen molar-refractivity contribution in [2.24, 2.45) is 18.4 Å². The molecule has 21 heavy (non-hydrogen) atoms. The van der Waals surface area contributed by atoms with Gasteiger partial charge in [-0.15, -0.1) is 0 Å². The number of rotatable bonds is 2. The molecule has 2 aliphatic carbocycles. The lowest BCUT2D eigenvalue weighted by Gasteiger charge is -2.26. The maximum Gasteiger partial charge on any atom is 0.224 e. The molecule has 1 spiro atoms. The standard InChI is InChI=1S/C16H24N4O/c1-20-14-4-2-3-13(11(14)10-18-20)19-15(21)12-9-16(12)5-7-17-8-6-16/h10,12-13,17H,2-9H2,1H3,(H,19,21). The van der Waals surface area contributed by atoms with Crippen LogP contribution in [0.2, 0.25) is 0 Å². The molecule has 2 N–H and O–H groups in total. The van der Waals surface area contributed by atoms with Gasteiger partial charge in [-0.2, -0.15) is 5.10 Å². The van der Waals surface area contributed by atoms with Crippen LogP contribution >= 0.6 is 0 Å². The van der Waals surface area contributed by atoms with Gasteiger partial charge in [0.1, 0.15) is 0 Å². The lowest BCUT2D eigenvalue weighted by atomic mass is 9.90. The fourth-order valence-electron chi connectivity index (χ4n) is 4.32. The first kappa shape index (κ1) is 13.3. The van der Waals surface area contributed by atoms with E-state index >= 15 is 0 Å². The number of carbonyl (C=O) groups excluding carboxylic acids is 1. The molecule has 0 bridgehead atoms. The summed E-state index contributed by atoms with van der Waals surface area (Å²) in [7, 11) is 1.99. The van der Waals surface area contributed by atoms with Gasteiger partial charge in [-0.25, -0.2) is 0 Å². The number of aryl methyl sites for hydroxylation is 1. The Kier molecular flexibility index (Phi) is 3.06. The summed E-state index contributed by atoms with van der Waals surface area (Å²) in [6.07, 6.45) is 8.61. The van der Waals surface area contributed by atoms with Crippen LogP contribution in [0.15, 0.2) is 6.20 Å². The zero-order chi connectivity index (χ0) is 14.4. The highest BCUT2D eigenvalue weighted by molar-refractivity contribution is 5.83. The second-order valence-corrected chi connectivity index (χ2v) is 6.99. The molecule has 1 amide bonds. The Morgan fingerprint density at radius 2 is 2.29 bits per heavy atom. The normalized spacial score (nSPS) is 30.0. The molecule has 1 aromatic rings. The van der Waals surface area contributed by atoms with Gasteiger partial charge in [0.2, 0.25) is 5.91 Å². The van der Waals surface area contributed by atoms with Crippen LogP contribution in [0.25, 0.3) is 0 Å². The Hall–Kier alpha value is -1.36. The molecule has 2 unspecified atom stereocenters. The van der Waals surface area contributed by atoms with Gasteiger partial charge < -0.3 is 10.6 Å². The molecule has 114 valence electrons. The van der Waals surface area contributed by atoms with E-state index in [1.54, 1.807) is 0 Å². The van der Waals surface area contributed by atoms with Crippen molar-refractivity contribution >= 4 is 5.91 Å². The topological polar surface area (TPSA) is 59.0 Å². The van der Waals surface area contributed by atoms with Gasteiger partial charge in [-0.1, -0.05) is 0 Å². The zero-order valence-electron chi connectivity index (χ0n) is 12.7. The van der Waals surface area contributed by atoms with Crippen LogP contribution in [0, 0.1) is 11.3 Å². The van der Waals surface area contributed by atoms with Gasteiger partial charge >= 0.3 is 0 Å². The highest BCUT2D eigenvalue weighted by Crippen LogP contribution is 2.58. The molecule has 1 saturated carbocycles. The molecular weight excluding hydrogens is 264 g/mol. The molecule has 0 radical (unpaired) electrons. The second kappa shape index (κ2) is 4.83. The van der Waals surface area contributed by atoms with Crippen molar-refractivity contribution in [2.45, 2.75) is 44.6 Å². The zero-order valence-corrected chi connectivity index (χ0v) is 12.7. The van der Waals surface area contributed by atoms with Crippen molar-refractivity contribution in [3.8, 4) is 0 Å². The number of nitrogens with zero attached hydrogens (tertiary/aromatic N) is 2. The number of amides is 1. The first-order valence-electron chi connectivity index (χ1n) is 8.21. The summed E-state index contributed by atoms with van der Waals surface area (Å²) in [6, 6.07) is 0.175. The molecule has 5 nitrogen and oxygen atoms in total. The number of fused-ring (bicyclic) bond motifs is 1. The summed E-state index contributed by atoms with van der Waals surface area (Å²) in [4.78, 5) is 12.6. The van der Waals surface area contributed by atoms with Gasteiger partial charge in [-0.3, -0.25) is 9.48 Å². The minimum atomic E-state index is 0.175. The number of nitrogens with one attached hydrogen (secondary N) is 2. The smallest absolute Gasteiger partial charge is 0.224 e. The van der Waals surface area contributed by atoms with Crippen molar-refractivity contribution in [3.05, 3.63) is 17.5 Å². The summed E-state index contributed by atoms with van der Waals surface area (Å²) in [5, 5.41) is 11.1. The van der Waals surface area contributed by atoms with E-state index in [9.17, 15) is 4.79 Å². The Balaban J connectivity index is 1.44. The van der Waals surface area contributed by atoms with E-state index in [0.717, 1.165) is 51.6 Å². The van der Waals surface area contributed by atoms with E-state index in [2.05, 4.69) is 15.7 Å². The number of carbonyl (C=O) groups is 1. The van der Waals surface area contributed by atoms with Gasteiger partial charge in [0.05, 0.1) is 12.2 Å². The molecule has 2 atom stereocenters. The molecule has 1 saturated heterocycles. The molecule has 5 heteroatoms. The number of hydrogen-bond acceptors (Lipinski definition) is 3. The van der Waals surface area contributed by atoms with Crippen molar-refractivity contribution in [2.75, 3.05) is 13.1 Å². The first-order valence-corrected chi connectivity index (χ1v) is 8.21. The van der Waals surface area contributed by atoms with E-state index in [1.807, 2.05) is 17.9 Å². The molecule has 4 rings (SSSR count). The predicted octanol–water partition coefficient (Wildman–Crippen LogP) is 1.30. The third-order valence-electron chi connectivity index (χ3n) is 5.80. The molecule has 0 aromatic carbocycles. The highest BCUT2D eigenvalue weighted by Gasteiger charge is 2.57. The van der Waals surface area contributed by atoms with Crippen molar-refractivity contribution < 1.29 is 4.79 Å². The Morgan fingerprint density at radius 3 is 3.10 bits per heavy atom. The number of hydrogen-bond donors (Lipinski definition) is 2. The van der Waals surface area contributed by atoms with Gasteiger partial charge in [-0.05, 0) is 57.0 Å². The van der Waals surface area contributed by atoms with Crippen LogP contribution in [0.5, 0.6) is 0 Å². The predicted molar refractivity (Wildman–Crippen MR) is 79.7 cm³/mol. The molecule has 1 aromatic heterocycles. The third kappa shape index (κ3) is 2.18. The van der Waals surface area contributed by atoms with Crippen LogP contribution in [-0.4, -0.2) is 28.8 Å². The van der Waals surface area contributed by atoms with Crippen molar-refractivity contribution in [1.82, 2.24) is 20.4 Å². The minimum absolute atomic E-state index is 0.175. The molecule has 3 aliphatic rings. The van der Waals surface area contributed by atoms with Crippen LogP contribution in [0.3, 0.4) is 0 Å². The van der Waals surface area contributed by atoms with Crippen molar-refractivity contribution in [1.29, 1.82) is 0 Å². The summed E-state index contributed by atoms with van der Waals surface area (Å²) in [5.41, 5.74) is 2.85. The van der Waals surface area contributed by atoms with E-state index in [1.165, 1.54) is 11.3 Å². The Morgan fingerprint density at radius 1 is 1.48 bits per heavy atom. The minimum Gasteiger partial charge on any atom is -0.349 e. The average molecular weight is 288 g/mol. The first-order chi connectivity index (χ1) is 10.2. The van der Waals surface area contributed by atoms with Gasteiger partial charge in [0, 0.05) is 24.2 Å². The Labute approximate surface area is 125 Å². The molecule has 2 fully saturated rings. The second-order valence-electron chi connectivity index (χ2n) is 6.99. The average Bonchev–Trinajstić information content (AvgIpc) is 3.05. The van der Waals surface area contributed by atoms with E-state index in [4.69, 9.17) is 0 Å². The monoisotopic (exact) mass is 288 g/mol. The van der Waals surface area contributed by atoms with E-state index in [0.29, 0.717) is 5.41 Å². The molecule has 2 heterocycles. The van der Waals surface area contributed by atoms with Gasteiger partial charge in [0.25, 0.3) is 0 Å². The SMILES string of the molecule is Cn1ncc2c1CCCC2NC(=O)C1CC12CCNCC2. The largest absolute Gasteiger partial charge is 0.349 e. The lowest BCUT2D eigenvalue weighted by molar-refractivity contribution is -0.124. The van der Waals surface area contributed by atoms with Crippen LogP contribution < -0.4 is 10.6 Å². The number of piperidine rings is 1. The van der Waals surface area contributed by atoms with Crippen LogP contribution in [0.1, 0.15) is 49.4 Å². The molecule has 1 aliphatic heterocycles. The third-order valence-corrected chi connectivity index (χ3v) is 5.80. The highest BCUT2D eigenvalue weighted by atomic mass is 16.2. The van der Waals surface area contributed by atoms with Crippen LogP contribution in [-0.2, 0) is 18.3 Å². The summed E-state index contributed by atoms with van der Waals surface area (Å²) in [5.74, 6) is 0.528. The van der Waals surface area contributed by atoms with Crippen LogP contribution in [0.4, 0.5) is 0 Å². The number of aromatic nitrogens is 2.